The molecule has 1 saturated heterocycles. The van der Waals surface area contributed by atoms with E-state index in [9.17, 15) is 9.90 Å². The first-order valence-corrected chi connectivity index (χ1v) is 11.0. The largest absolute Gasteiger partial charge is 0.494 e. The highest BCUT2D eigenvalue weighted by atomic mass is 79.9. The van der Waals surface area contributed by atoms with E-state index >= 15 is 0 Å². The van der Waals surface area contributed by atoms with Crippen molar-refractivity contribution in [1.29, 1.82) is 0 Å². The summed E-state index contributed by atoms with van der Waals surface area (Å²) >= 11 is 3.62. The van der Waals surface area contributed by atoms with Crippen LogP contribution in [0.4, 0.5) is 0 Å². The number of amides is 1. The zero-order valence-corrected chi connectivity index (χ0v) is 18.6. The second kappa shape index (κ2) is 8.87. The first kappa shape index (κ1) is 21.2. The minimum absolute atomic E-state index is 0.0261. The average molecular weight is 451 g/mol. The number of fused-ring (bicyclic) bond motifs is 1. The lowest BCUT2D eigenvalue weighted by atomic mass is 9.86. The van der Waals surface area contributed by atoms with Crippen LogP contribution in [0.5, 0.6) is 5.75 Å². The van der Waals surface area contributed by atoms with Gasteiger partial charge in [-0.2, -0.15) is 0 Å². The third kappa shape index (κ3) is 5.09. The molecule has 0 bridgehead atoms. The van der Waals surface area contributed by atoms with Gasteiger partial charge in [0.1, 0.15) is 11.4 Å². The van der Waals surface area contributed by atoms with E-state index in [1.807, 2.05) is 36.9 Å². The first-order valence-electron chi connectivity index (χ1n) is 10.2. The highest BCUT2D eigenvalue weighted by molar-refractivity contribution is 9.10. The van der Waals surface area contributed by atoms with Gasteiger partial charge in [0, 0.05) is 24.0 Å². The standard InChI is InChI=1S/C22H31BrN2O3/c1-4-5-12-28-16-6-7-18-17(13-16)19(23)20(24-18)21(26)25-10-8-15(9-11-25)14-22(2,3)27/h6-7,13,15,24,27H,4-5,8-12,14H2,1-3H3. The van der Waals surface area contributed by atoms with E-state index in [1.54, 1.807) is 0 Å². The number of aliphatic hydroxyl groups is 1. The van der Waals surface area contributed by atoms with Crippen LogP contribution in [0.25, 0.3) is 10.9 Å². The highest BCUT2D eigenvalue weighted by Crippen LogP contribution is 2.33. The lowest BCUT2D eigenvalue weighted by molar-refractivity contribution is 0.0357. The molecule has 0 unspecified atom stereocenters. The van der Waals surface area contributed by atoms with Crippen LogP contribution in [0.3, 0.4) is 0 Å². The Balaban J connectivity index is 1.69. The number of piperidine rings is 1. The molecule has 1 aromatic heterocycles. The molecular weight excluding hydrogens is 420 g/mol. The monoisotopic (exact) mass is 450 g/mol. The molecule has 5 nitrogen and oxygen atoms in total. The van der Waals surface area contributed by atoms with E-state index in [1.165, 1.54) is 0 Å². The zero-order valence-electron chi connectivity index (χ0n) is 17.1. The molecule has 1 fully saturated rings. The van der Waals surface area contributed by atoms with Gasteiger partial charge < -0.3 is 19.7 Å². The number of hydrogen-bond acceptors (Lipinski definition) is 3. The molecule has 2 heterocycles. The number of ether oxygens (including phenoxy) is 1. The number of aromatic amines is 1. The number of rotatable bonds is 7. The van der Waals surface area contributed by atoms with E-state index in [0.717, 1.165) is 66.3 Å². The maximum atomic E-state index is 13.1. The van der Waals surface area contributed by atoms with Crippen molar-refractivity contribution >= 4 is 32.7 Å². The molecule has 154 valence electrons. The van der Waals surface area contributed by atoms with Crippen molar-refractivity contribution in [1.82, 2.24) is 9.88 Å². The molecule has 0 radical (unpaired) electrons. The van der Waals surface area contributed by atoms with E-state index in [-0.39, 0.29) is 5.91 Å². The van der Waals surface area contributed by atoms with Gasteiger partial charge in [-0.05, 0) is 79.6 Å². The van der Waals surface area contributed by atoms with E-state index in [4.69, 9.17) is 4.74 Å². The van der Waals surface area contributed by atoms with Gasteiger partial charge in [0.25, 0.3) is 5.91 Å². The van der Waals surface area contributed by atoms with Gasteiger partial charge in [0.2, 0.25) is 0 Å². The smallest absolute Gasteiger partial charge is 0.271 e. The van der Waals surface area contributed by atoms with Gasteiger partial charge in [-0.25, -0.2) is 0 Å². The second-order valence-corrected chi connectivity index (χ2v) is 9.27. The van der Waals surface area contributed by atoms with Gasteiger partial charge >= 0.3 is 0 Å². The third-order valence-corrected chi connectivity index (χ3v) is 6.20. The maximum absolute atomic E-state index is 13.1. The molecule has 1 aliphatic rings. The van der Waals surface area contributed by atoms with E-state index < -0.39 is 5.60 Å². The van der Waals surface area contributed by atoms with Crippen LogP contribution in [0, 0.1) is 5.92 Å². The van der Waals surface area contributed by atoms with Crippen molar-refractivity contribution in [2.45, 2.75) is 58.5 Å². The second-order valence-electron chi connectivity index (χ2n) is 8.48. The minimum atomic E-state index is -0.645. The summed E-state index contributed by atoms with van der Waals surface area (Å²) in [5, 5.41) is 11.0. The van der Waals surface area contributed by atoms with Crippen molar-refractivity contribution in [2.24, 2.45) is 5.92 Å². The van der Waals surface area contributed by atoms with Crippen molar-refractivity contribution in [2.75, 3.05) is 19.7 Å². The van der Waals surface area contributed by atoms with E-state index in [2.05, 4.69) is 27.8 Å². The molecule has 28 heavy (non-hydrogen) atoms. The van der Waals surface area contributed by atoms with Crippen molar-refractivity contribution < 1.29 is 14.6 Å². The average Bonchev–Trinajstić information content (AvgIpc) is 2.97. The molecule has 2 N–H and O–H groups in total. The molecule has 3 rings (SSSR count). The number of benzene rings is 1. The fourth-order valence-corrected chi connectivity index (χ4v) is 4.51. The number of nitrogens with zero attached hydrogens (tertiary/aromatic N) is 1. The molecule has 0 aliphatic carbocycles. The fourth-order valence-electron chi connectivity index (χ4n) is 3.91. The Labute approximate surface area is 175 Å². The Morgan fingerprint density at radius 1 is 1.36 bits per heavy atom. The minimum Gasteiger partial charge on any atom is -0.494 e. The predicted molar refractivity (Wildman–Crippen MR) is 116 cm³/mol. The van der Waals surface area contributed by atoms with Crippen LogP contribution in [-0.2, 0) is 0 Å². The van der Waals surface area contributed by atoms with Crippen LogP contribution in [0.15, 0.2) is 22.7 Å². The fraction of sp³-hybridized carbons (Fsp3) is 0.591. The summed E-state index contributed by atoms with van der Waals surface area (Å²) in [7, 11) is 0. The molecule has 0 atom stereocenters. The number of H-pyrrole nitrogens is 1. The summed E-state index contributed by atoms with van der Waals surface area (Å²) < 4.78 is 6.59. The number of unbranched alkanes of at least 4 members (excludes halogenated alkanes) is 1. The lowest BCUT2D eigenvalue weighted by Crippen LogP contribution is -2.40. The van der Waals surface area contributed by atoms with Crippen LogP contribution in [-0.4, -0.2) is 46.2 Å². The van der Waals surface area contributed by atoms with Crippen molar-refractivity contribution in [3.05, 3.63) is 28.4 Å². The highest BCUT2D eigenvalue weighted by Gasteiger charge is 2.29. The number of hydrogen-bond donors (Lipinski definition) is 2. The Kier molecular flexibility index (Phi) is 6.71. The van der Waals surface area contributed by atoms with Crippen LogP contribution >= 0.6 is 15.9 Å². The topological polar surface area (TPSA) is 65.6 Å². The molecule has 0 spiro atoms. The molecular formula is C22H31BrN2O3. The molecule has 1 amide bonds. The number of nitrogens with one attached hydrogen (secondary N) is 1. The number of carbonyl (C=O) groups excluding carboxylic acids is 1. The maximum Gasteiger partial charge on any atom is 0.271 e. The predicted octanol–water partition coefficient (Wildman–Crippen LogP) is 5.12. The summed E-state index contributed by atoms with van der Waals surface area (Å²) in [5.74, 6) is 1.32. The normalized spacial score (nSPS) is 16.0. The van der Waals surface area contributed by atoms with Crippen molar-refractivity contribution in [3.63, 3.8) is 0 Å². The summed E-state index contributed by atoms with van der Waals surface area (Å²) in [6.07, 6.45) is 4.78. The lowest BCUT2D eigenvalue weighted by Gasteiger charge is -2.34. The molecule has 1 aromatic carbocycles. The number of carbonyl (C=O) groups is 1. The van der Waals surface area contributed by atoms with Gasteiger partial charge in [-0.1, -0.05) is 13.3 Å². The van der Waals surface area contributed by atoms with Gasteiger partial charge in [-0.3, -0.25) is 4.79 Å². The Morgan fingerprint density at radius 3 is 2.71 bits per heavy atom. The number of likely N-dealkylation sites (tertiary alicyclic amines) is 1. The number of halogens is 1. The van der Waals surface area contributed by atoms with Crippen LogP contribution in [0.1, 0.15) is 63.4 Å². The van der Waals surface area contributed by atoms with Gasteiger partial charge in [0.15, 0.2) is 0 Å². The summed E-state index contributed by atoms with van der Waals surface area (Å²) in [6.45, 7) is 8.01. The van der Waals surface area contributed by atoms with Gasteiger partial charge in [0.05, 0.1) is 16.7 Å². The SMILES string of the molecule is CCCCOc1ccc2[nH]c(C(=O)N3CCC(CC(C)(C)O)CC3)c(Br)c2c1. The molecule has 6 heteroatoms. The molecule has 0 saturated carbocycles. The van der Waals surface area contributed by atoms with Crippen molar-refractivity contribution in [3.8, 4) is 5.75 Å². The molecule has 2 aromatic rings. The first-order chi connectivity index (χ1) is 13.3. The quantitative estimate of drug-likeness (QED) is 0.574. The van der Waals surface area contributed by atoms with Gasteiger partial charge in [-0.15, -0.1) is 0 Å². The summed E-state index contributed by atoms with van der Waals surface area (Å²) in [5.41, 5.74) is 0.880. The van der Waals surface area contributed by atoms with Crippen LogP contribution in [0.2, 0.25) is 0 Å². The Morgan fingerprint density at radius 2 is 2.07 bits per heavy atom. The Hall–Kier alpha value is -1.53. The number of aromatic nitrogens is 1. The summed E-state index contributed by atoms with van der Waals surface area (Å²) in [6, 6.07) is 5.89. The molecule has 1 aliphatic heterocycles. The zero-order chi connectivity index (χ0) is 20.3. The van der Waals surface area contributed by atoms with Crippen LogP contribution < -0.4 is 4.74 Å². The van der Waals surface area contributed by atoms with E-state index in [0.29, 0.717) is 18.2 Å². The third-order valence-electron chi connectivity index (χ3n) is 5.38. The summed E-state index contributed by atoms with van der Waals surface area (Å²) in [4.78, 5) is 18.2. The Bertz CT molecular complexity index is 817.